The Bertz CT molecular complexity index is 387. The largest absolute Gasteiger partial charge is 0.460 e. The van der Waals surface area contributed by atoms with Crippen LogP contribution >= 0.6 is 0 Å². The maximum Gasteiger partial charge on any atom is 0.460 e. The molecule has 0 saturated heterocycles. The maximum atomic E-state index is 13.3. The van der Waals surface area contributed by atoms with Crippen LogP contribution in [-0.4, -0.2) is 42.6 Å². The SMILES string of the molecule is CCCOC(C(F)(F)F)(C(F)(F)F)C(F)(F)C(F)(F)C(F)(F)F. The Labute approximate surface area is 119 Å². The molecular formula is C9H7F13O. The Morgan fingerprint density at radius 1 is 0.565 bits per heavy atom. The van der Waals surface area contributed by atoms with Crippen molar-refractivity contribution in [2.75, 3.05) is 6.61 Å². The first-order valence-corrected chi connectivity index (χ1v) is 5.41. The minimum atomic E-state index is -7.72. The molecule has 0 aliphatic carbocycles. The van der Waals surface area contributed by atoms with Crippen LogP contribution in [0.1, 0.15) is 13.3 Å². The molecule has 1 nitrogen and oxygen atoms in total. The highest BCUT2D eigenvalue weighted by Crippen LogP contribution is 2.61. The van der Waals surface area contributed by atoms with Crippen molar-refractivity contribution in [3.8, 4) is 0 Å². The summed E-state index contributed by atoms with van der Waals surface area (Å²) in [4.78, 5) is 0. The van der Waals surface area contributed by atoms with Gasteiger partial charge in [0.2, 0.25) is 0 Å². The van der Waals surface area contributed by atoms with Crippen LogP contribution in [0, 0.1) is 0 Å². The lowest BCUT2D eigenvalue weighted by Crippen LogP contribution is -2.76. The highest BCUT2D eigenvalue weighted by atomic mass is 19.4. The van der Waals surface area contributed by atoms with Crippen LogP contribution in [0.4, 0.5) is 57.1 Å². The Morgan fingerprint density at radius 3 is 1.13 bits per heavy atom. The molecule has 0 aromatic heterocycles. The molecule has 0 N–H and O–H groups in total. The maximum absolute atomic E-state index is 13.3. The van der Waals surface area contributed by atoms with E-state index in [0.717, 1.165) is 6.92 Å². The summed E-state index contributed by atoms with van der Waals surface area (Å²) in [5.41, 5.74) is -7.04. The van der Waals surface area contributed by atoms with E-state index >= 15 is 0 Å². The molecule has 0 unspecified atom stereocenters. The fourth-order valence-corrected chi connectivity index (χ4v) is 1.43. The molecule has 23 heavy (non-hydrogen) atoms. The van der Waals surface area contributed by atoms with Crippen molar-refractivity contribution < 1.29 is 61.8 Å². The smallest absolute Gasteiger partial charge is 0.353 e. The Kier molecular flexibility index (Phi) is 5.60. The average molecular weight is 378 g/mol. The molecule has 0 spiro atoms. The molecule has 0 amide bonds. The monoisotopic (exact) mass is 378 g/mol. The predicted octanol–water partition coefficient (Wildman–Crippen LogP) is 5.11. The first kappa shape index (κ1) is 22.1. The summed E-state index contributed by atoms with van der Waals surface area (Å²) in [6.45, 7) is -0.986. The highest BCUT2D eigenvalue weighted by Gasteiger charge is 2.93. The third kappa shape index (κ3) is 3.18. The minimum Gasteiger partial charge on any atom is -0.353 e. The van der Waals surface area contributed by atoms with E-state index in [9.17, 15) is 57.1 Å². The molecule has 0 aromatic rings. The Morgan fingerprint density at radius 2 is 0.913 bits per heavy atom. The molecule has 14 heteroatoms. The van der Waals surface area contributed by atoms with Crippen molar-refractivity contribution in [3.05, 3.63) is 0 Å². The predicted molar refractivity (Wildman–Crippen MR) is 47.0 cm³/mol. The third-order valence-corrected chi connectivity index (χ3v) is 2.51. The second-order valence-electron chi connectivity index (χ2n) is 4.17. The lowest BCUT2D eigenvalue weighted by molar-refractivity contribution is -0.481. The third-order valence-electron chi connectivity index (χ3n) is 2.51. The number of alkyl halides is 13. The number of hydrogen-bond donors (Lipinski definition) is 0. The second kappa shape index (κ2) is 5.84. The number of rotatable bonds is 5. The molecule has 0 saturated carbocycles. The van der Waals surface area contributed by atoms with Crippen molar-refractivity contribution in [2.45, 2.75) is 49.3 Å². The van der Waals surface area contributed by atoms with Crippen LogP contribution < -0.4 is 0 Å². The molecule has 0 radical (unpaired) electrons. The van der Waals surface area contributed by atoms with Crippen LogP contribution in [-0.2, 0) is 4.74 Å². The molecule has 0 heterocycles. The summed E-state index contributed by atoms with van der Waals surface area (Å²) >= 11 is 0. The Hall–Kier alpha value is -0.950. The van der Waals surface area contributed by atoms with Gasteiger partial charge < -0.3 is 4.74 Å². The van der Waals surface area contributed by atoms with Gasteiger partial charge in [0.05, 0.1) is 0 Å². The standard InChI is InChI=1S/C9H7F13O/c1-2-3-23-4(7(14,15)16,8(17,18)19)5(10,11)6(12,13)9(20,21)22/h2-3H2,1H3. The van der Waals surface area contributed by atoms with E-state index in [1.807, 2.05) is 0 Å². The van der Waals surface area contributed by atoms with E-state index in [0.29, 0.717) is 0 Å². The van der Waals surface area contributed by atoms with Gasteiger partial charge in [-0.15, -0.1) is 0 Å². The van der Waals surface area contributed by atoms with Crippen molar-refractivity contribution in [1.82, 2.24) is 0 Å². The van der Waals surface area contributed by atoms with Crippen molar-refractivity contribution >= 4 is 0 Å². The van der Waals surface area contributed by atoms with Gasteiger partial charge in [0.15, 0.2) is 0 Å². The van der Waals surface area contributed by atoms with Gasteiger partial charge in [0.1, 0.15) is 0 Å². The quantitative estimate of drug-likeness (QED) is 0.605. The van der Waals surface area contributed by atoms with Crippen LogP contribution in [0.25, 0.3) is 0 Å². The van der Waals surface area contributed by atoms with Gasteiger partial charge in [-0.3, -0.25) is 0 Å². The summed E-state index contributed by atoms with van der Waals surface area (Å²) in [6, 6.07) is 0. The molecule has 0 fully saturated rings. The summed E-state index contributed by atoms with van der Waals surface area (Å²) < 4.78 is 166. The van der Waals surface area contributed by atoms with Crippen LogP contribution in [0.2, 0.25) is 0 Å². The van der Waals surface area contributed by atoms with Gasteiger partial charge in [0.25, 0.3) is 0 Å². The molecule has 0 bridgehead atoms. The number of hydrogen-bond acceptors (Lipinski definition) is 1. The van der Waals surface area contributed by atoms with Crippen molar-refractivity contribution in [1.29, 1.82) is 0 Å². The van der Waals surface area contributed by atoms with Crippen LogP contribution in [0.3, 0.4) is 0 Å². The molecular weight excluding hydrogens is 371 g/mol. The Balaban J connectivity index is 6.67. The first-order valence-electron chi connectivity index (χ1n) is 5.41. The zero-order valence-corrected chi connectivity index (χ0v) is 10.7. The van der Waals surface area contributed by atoms with Crippen LogP contribution in [0.15, 0.2) is 0 Å². The van der Waals surface area contributed by atoms with Crippen molar-refractivity contribution in [3.63, 3.8) is 0 Å². The lowest BCUT2D eigenvalue weighted by Gasteiger charge is -2.44. The normalized spacial score (nSPS) is 15.9. The van der Waals surface area contributed by atoms with Crippen molar-refractivity contribution in [2.24, 2.45) is 0 Å². The zero-order chi connectivity index (χ0) is 19.1. The molecule has 0 rings (SSSR count). The van der Waals surface area contributed by atoms with Gasteiger partial charge >= 0.3 is 36.0 Å². The summed E-state index contributed by atoms with van der Waals surface area (Å²) in [5.74, 6) is -15.4. The van der Waals surface area contributed by atoms with Gasteiger partial charge in [-0.05, 0) is 6.42 Å². The average Bonchev–Trinajstić information content (AvgIpc) is 2.23. The zero-order valence-electron chi connectivity index (χ0n) is 10.7. The fourth-order valence-electron chi connectivity index (χ4n) is 1.43. The van der Waals surface area contributed by atoms with E-state index < -0.39 is 49.0 Å². The molecule has 0 aliphatic heterocycles. The first-order chi connectivity index (χ1) is 9.81. The van der Waals surface area contributed by atoms with Gasteiger partial charge in [-0.2, -0.15) is 57.1 Å². The van der Waals surface area contributed by atoms with Gasteiger partial charge in [0, 0.05) is 6.61 Å². The number of halogens is 13. The molecule has 140 valence electrons. The van der Waals surface area contributed by atoms with E-state index in [1.54, 1.807) is 0 Å². The number of ether oxygens (including phenoxy) is 1. The fraction of sp³-hybridized carbons (Fsp3) is 1.00. The van der Waals surface area contributed by atoms with Gasteiger partial charge in [-0.1, -0.05) is 6.92 Å². The topological polar surface area (TPSA) is 9.23 Å². The highest BCUT2D eigenvalue weighted by molar-refractivity contribution is 5.13. The molecule has 0 aliphatic rings. The molecule has 0 aromatic carbocycles. The van der Waals surface area contributed by atoms with E-state index in [2.05, 4.69) is 4.74 Å². The summed E-state index contributed by atoms with van der Waals surface area (Å²) in [5, 5.41) is 0. The lowest BCUT2D eigenvalue weighted by atomic mass is 9.88. The second-order valence-corrected chi connectivity index (χ2v) is 4.17. The van der Waals surface area contributed by atoms with E-state index in [1.165, 1.54) is 0 Å². The summed E-state index contributed by atoms with van der Waals surface area (Å²) in [6.07, 6.45) is -22.8. The minimum absolute atomic E-state index is 0.804. The summed E-state index contributed by atoms with van der Waals surface area (Å²) in [7, 11) is 0. The molecule has 0 atom stereocenters. The van der Waals surface area contributed by atoms with E-state index in [4.69, 9.17) is 0 Å². The van der Waals surface area contributed by atoms with Gasteiger partial charge in [-0.25, -0.2) is 0 Å². The van der Waals surface area contributed by atoms with E-state index in [-0.39, 0.29) is 0 Å². The van der Waals surface area contributed by atoms with Crippen LogP contribution in [0.5, 0.6) is 0 Å².